The van der Waals surface area contributed by atoms with Crippen LogP contribution < -0.4 is 0 Å². The number of carbonyl (C=O) groups excluding carboxylic acids is 6. The lowest BCUT2D eigenvalue weighted by atomic mass is 9.93. The maximum atomic E-state index is 11.8. The van der Waals surface area contributed by atoms with Gasteiger partial charge in [0.05, 0.1) is 132 Å². The molecule has 0 unspecified atom stereocenters. The smallest absolute Gasteiger partial charge is 0.311 e. The molecule has 0 radical (unpaired) electrons. The number of nitrogens with zero attached hydrogens (tertiary/aromatic N) is 3. The van der Waals surface area contributed by atoms with Crippen molar-refractivity contribution in [2.75, 3.05) is 145 Å². The van der Waals surface area contributed by atoms with E-state index in [-0.39, 0.29) is 78.3 Å². The monoisotopic (exact) mass is 1450 g/mol. The van der Waals surface area contributed by atoms with Crippen LogP contribution in [0.4, 0.5) is 0 Å². The third-order valence-corrected chi connectivity index (χ3v) is 13.2. The zero-order chi connectivity index (χ0) is 78.9. The number of aromatic nitrogens is 3. The molecular weight excluding hydrogens is 1300 g/mol. The first-order valence-electron chi connectivity index (χ1n) is 36.5. The summed E-state index contributed by atoms with van der Waals surface area (Å²) in [6.45, 7) is 71.3. The van der Waals surface area contributed by atoms with Crippen LogP contribution in [-0.2, 0) is 108 Å². The van der Waals surface area contributed by atoms with Crippen molar-refractivity contribution in [1.29, 1.82) is 0 Å². The summed E-state index contributed by atoms with van der Waals surface area (Å²) in [7, 11) is 0. The van der Waals surface area contributed by atoms with Crippen LogP contribution in [0.5, 0.6) is 0 Å². The summed E-state index contributed by atoms with van der Waals surface area (Å²) in [5.41, 5.74) is -0.120. The predicted octanol–water partition coefficient (Wildman–Crippen LogP) is 15.0. The maximum absolute atomic E-state index is 11.8. The highest BCUT2D eigenvalue weighted by atomic mass is 16.6. The molecule has 0 amide bonds. The molecule has 1 rings (SSSR count). The zero-order valence-electron chi connectivity index (χ0n) is 69.8. The van der Waals surface area contributed by atoms with Crippen molar-refractivity contribution in [2.45, 2.75) is 259 Å². The Balaban J connectivity index is -0.000000602. The van der Waals surface area contributed by atoms with Gasteiger partial charge in [0.2, 0.25) is 0 Å². The van der Waals surface area contributed by atoms with Crippen molar-refractivity contribution in [3.05, 3.63) is 11.9 Å². The normalized spacial score (nSPS) is 12.4. The van der Waals surface area contributed by atoms with Gasteiger partial charge in [-0.25, -0.2) is 4.68 Å². The maximum Gasteiger partial charge on any atom is 0.311 e. The Hall–Kier alpha value is -4.36. The number of hydrogen-bond donors (Lipinski definition) is 0. The highest BCUT2D eigenvalue weighted by molar-refractivity contribution is 5.77. The second kappa shape index (κ2) is 53.4. The number of esters is 6. The first kappa shape index (κ1) is 103. The van der Waals surface area contributed by atoms with E-state index in [1.807, 2.05) is 104 Å². The van der Waals surface area contributed by atoms with Crippen molar-refractivity contribution in [2.24, 2.45) is 54.1 Å². The lowest BCUT2D eigenvalue weighted by Gasteiger charge is -2.20. The lowest BCUT2D eigenvalue weighted by molar-refractivity contribution is -0.155. The van der Waals surface area contributed by atoms with Crippen LogP contribution >= 0.6 is 0 Å². The Morgan fingerprint density at radius 2 is 0.485 bits per heavy atom. The Bertz CT molecular complexity index is 2290. The SMILES string of the molecule is CC(C)(C)CCOC(=O)C(C)(C)C.CC(C)(C)CCOCCOC(=O)C(C)(C)C.CC(C)(C)CCOCCOC(=O)CCc1cn(CCOCCOC(=O)C(C)(C)C)nn1.CC(C)(C)CCOCCOCCOC(=O)C(C)(C)C.CC(C)(C)CCOCCOCCOCCOC(=O)C(C)(C)C. The van der Waals surface area contributed by atoms with Crippen LogP contribution in [-0.4, -0.2) is 196 Å². The highest BCUT2D eigenvalue weighted by Gasteiger charge is 2.27. The van der Waals surface area contributed by atoms with Crippen LogP contribution in [0, 0.1) is 54.1 Å². The molecule has 598 valence electrons. The van der Waals surface area contributed by atoms with E-state index in [0.717, 1.165) is 57.6 Å². The molecule has 0 atom stereocenters. The van der Waals surface area contributed by atoms with Gasteiger partial charge in [0, 0.05) is 39.0 Å². The van der Waals surface area contributed by atoms with Gasteiger partial charge in [-0.3, -0.25) is 28.8 Å². The average molecular weight is 1450 g/mol. The predicted molar refractivity (Wildman–Crippen MR) is 398 cm³/mol. The second-order valence-corrected chi connectivity index (χ2v) is 36.1. The van der Waals surface area contributed by atoms with Gasteiger partial charge in [-0.2, -0.15) is 0 Å². The number of hydrogen-bond acceptors (Lipinski definition) is 22. The third kappa shape index (κ3) is 76.6. The van der Waals surface area contributed by atoms with Gasteiger partial charge in [0.25, 0.3) is 0 Å². The van der Waals surface area contributed by atoms with E-state index in [0.29, 0.717) is 135 Å². The fourth-order valence-electron chi connectivity index (χ4n) is 6.23. The highest BCUT2D eigenvalue weighted by Crippen LogP contribution is 2.24. The minimum atomic E-state index is -0.511. The second-order valence-electron chi connectivity index (χ2n) is 36.1. The van der Waals surface area contributed by atoms with E-state index in [9.17, 15) is 28.8 Å². The van der Waals surface area contributed by atoms with Gasteiger partial charge < -0.3 is 66.3 Å². The van der Waals surface area contributed by atoms with E-state index >= 15 is 0 Å². The molecule has 0 fully saturated rings. The molecule has 0 bridgehead atoms. The Morgan fingerprint density at radius 3 is 0.733 bits per heavy atom. The topological polar surface area (TPSA) is 262 Å². The number of aryl methyl sites for hydroxylation is 1. The summed E-state index contributed by atoms with van der Waals surface area (Å²) in [5.74, 6) is -1.22. The van der Waals surface area contributed by atoms with E-state index < -0.39 is 21.7 Å². The molecule has 1 heterocycles. The molecule has 101 heavy (non-hydrogen) atoms. The molecular formula is C78H151N3O20. The summed E-state index contributed by atoms with van der Waals surface area (Å²) in [6.07, 6.45) is 7.47. The third-order valence-electron chi connectivity index (χ3n) is 13.2. The van der Waals surface area contributed by atoms with Crippen LogP contribution in [0.3, 0.4) is 0 Å². The summed E-state index contributed by atoms with van der Waals surface area (Å²) in [5, 5.41) is 8.07. The molecule has 1 aromatic heterocycles. The van der Waals surface area contributed by atoms with Gasteiger partial charge >= 0.3 is 35.8 Å². The summed E-state index contributed by atoms with van der Waals surface area (Å²) in [4.78, 5) is 69.0. The van der Waals surface area contributed by atoms with Gasteiger partial charge in [-0.1, -0.05) is 109 Å². The van der Waals surface area contributed by atoms with Crippen molar-refractivity contribution in [1.82, 2.24) is 15.0 Å². The number of ether oxygens (including phenoxy) is 14. The van der Waals surface area contributed by atoms with E-state index in [2.05, 4.69) is 114 Å². The fraction of sp³-hybridized carbons (Fsp3) is 0.897. The summed E-state index contributed by atoms with van der Waals surface area (Å²) in [6, 6.07) is 0. The van der Waals surface area contributed by atoms with E-state index in [1.54, 1.807) is 10.9 Å². The van der Waals surface area contributed by atoms with Crippen molar-refractivity contribution >= 4 is 35.8 Å². The molecule has 1 aromatic rings. The van der Waals surface area contributed by atoms with Crippen molar-refractivity contribution in [3.63, 3.8) is 0 Å². The van der Waals surface area contributed by atoms with Gasteiger partial charge in [0.15, 0.2) is 0 Å². The molecule has 23 nitrogen and oxygen atoms in total. The lowest BCUT2D eigenvalue weighted by Crippen LogP contribution is -2.24. The average Bonchev–Trinajstić information content (AvgIpc) is 1.90. The van der Waals surface area contributed by atoms with E-state index in [1.165, 1.54) is 0 Å². The van der Waals surface area contributed by atoms with Crippen LogP contribution in [0.25, 0.3) is 0 Å². The first-order chi connectivity index (χ1) is 46.0. The number of carbonyl (C=O) groups is 6. The molecule has 0 spiro atoms. The molecule has 0 saturated carbocycles. The molecule has 0 aliphatic carbocycles. The molecule has 0 aliphatic heterocycles. The first-order valence-corrected chi connectivity index (χ1v) is 36.5. The largest absolute Gasteiger partial charge is 0.465 e. The standard InChI is InChI=1S/C22H39N3O6.C17H34O5.C15H30O4.C13H26O3.C11H22O2/c1-21(2,3)9-11-28-13-15-30-19(26)8-7-18-17-25(24-23-18)10-12-29-14-16-31-20(27)22(4,5)6;1-16(2,3)7-8-19-9-10-20-11-12-21-13-14-22-15(18)17(4,5)6;1-14(2,3)7-8-17-9-10-18-11-12-19-13(16)15(4,5)6;1-12(2,3)7-8-15-9-10-16-11(14)13(4,5)6;1-10(2,3)7-8-13-9(12)11(4,5)6/h17H,7-16H2,1-6H3;7-14H2,1-6H3;7-12H2,1-6H3;7-10H2,1-6H3;7-8H2,1-6H3. The quantitative estimate of drug-likeness (QED) is 0.0336. The van der Waals surface area contributed by atoms with Gasteiger partial charge in [-0.05, 0) is 163 Å². The van der Waals surface area contributed by atoms with Crippen molar-refractivity contribution in [3.8, 4) is 0 Å². The zero-order valence-corrected chi connectivity index (χ0v) is 69.8. The summed E-state index contributed by atoms with van der Waals surface area (Å²) < 4.78 is 75.6. The molecule has 0 saturated heterocycles. The van der Waals surface area contributed by atoms with Crippen LogP contribution in [0.15, 0.2) is 6.20 Å². The Morgan fingerprint density at radius 1 is 0.277 bits per heavy atom. The van der Waals surface area contributed by atoms with Gasteiger partial charge in [0.1, 0.15) is 33.0 Å². The Labute approximate surface area is 614 Å². The molecule has 23 heteroatoms. The summed E-state index contributed by atoms with van der Waals surface area (Å²) >= 11 is 0. The van der Waals surface area contributed by atoms with Gasteiger partial charge in [-0.15, -0.1) is 5.10 Å². The van der Waals surface area contributed by atoms with Crippen LogP contribution in [0.1, 0.15) is 252 Å². The van der Waals surface area contributed by atoms with Crippen LogP contribution in [0.2, 0.25) is 0 Å². The molecule has 0 aliphatic rings. The van der Waals surface area contributed by atoms with Crippen molar-refractivity contribution < 1.29 is 95.1 Å². The minimum Gasteiger partial charge on any atom is -0.465 e. The minimum absolute atomic E-state index is 0.114. The molecule has 0 N–H and O–H groups in total. The molecule has 0 aromatic carbocycles. The van der Waals surface area contributed by atoms with E-state index in [4.69, 9.17) is 66.3 Å². The number of rotatable bonds is 40. The Kier molecular flexibility index (Phi) is 54.5. The fourth-order valence-corrected chi connectivity index (χ4v) is 6.23.